The molecular formula is C34H39N. The number of nitrogens with zero attached hydrogens (tertiary/aromatic N) is 1. The molecule has 0 saturated carbocycles. The molecule has 0 fully saturated rings. The lowest BCUT2D eigenvalue weighted by Crippen LogP contribution is -2.13. The highest BCUT2D eigenvalue weighted by atomic mass is 15.1. The van der Waals surface area contributed by atoms with Gasteiger partial charge in [0, 0.05) is 16.9 Å². The third kappa shape index (κ3) is 6.42. The van der Waals surface area contributed by atoms with Gasteiger partial charge in [-0.1, -0.05) is 123 Å². The molecule has 0 radical (unpaired) electrons. The fraction of sp³-hybridized carbons (Fsp3) is 0.294. The summed E-state index contributed by atoms with van der Waals surface area (Å²) in [4.78, 5) is 2.47. The molecule has 0 atom stereocenters. The summed E-state index contributed by atoms with van der Waals surface area (Å²) in [5.74, 6) is 0. The standard InChI is InChI=1S/C34H39N/c1-4-5-6-7-8-10-17-30-26-28(3)22-25-33(30)35(31-23-20-27(2)21-24-31)34-19-14-13-18-32(34)29-15-11-9-12-16-29/h9,11-16,18-26H,4-8,10,17H2,1-3H3. The van der Waals surface area contributed by atoms with Crippen molar-refractivity contribution >= 4 is 17.1 Å². The van der Waals surface area contributed by atoms with E-state index in [0.717, 1.165) is 6.42 Å². The average molecular weight is 462 g/mol. The quantitative estimate of drug-likeness (QED) is 0.201. The molecule has 0 aliphatic heterocycles. The van der Waals surface area contributed by atoms with Crippen LogP contribution in [0.4, 0.5) is 17.1 Å². The summed E-state index contributed by atoms with van der Waals surface area (Å²) in [6, 6.07) is 35.5. The van der Waals surface area contributed by atoms with Crippen LogP contribution < -0.4 is 4.90 Å². The normalized spacial score (nSPS) is 10.9. The van der Waals surface area contributed by atoms with E-state index in [2.05, 4.69) is 123 Å². The number of hydrogen-bond acceptors (Lipinski definition) is 1. The molecule has 0 unspecified atom stereocenters. The van der Waals surface area contributed by atoms with Gasteiger partial charge in [-0.3, -0.25) is 0 Å². The first kappa shape index (κ1) is 24.8. The summed E-state index contributed by atoms with van der Waals surface area (Å²) in [6.07, 6.45) is 9.01. The number of para-hydroxylation sites is 1. The first-order chi connectivity index (χ1) is 17.2. The molecule has 180 valence electrons. The highest BCUT2D eigenvalue weighted by Crippen LogP contribution is 2.42. The maximum Gasteiger partial charge on any atom is 0.0540 e. The van der Waals surface area contributed by atoms with E-state index in [-0.39, 0.29) is 0 Å². The van der Waals surface area contributed by atoms with Crippen LogP contribution in [0, 0.1) is 13.8 Å². The maximum atomic E-state index is 2.47. The third-order valence-electron chi connectivity index (χ3n) is 6.80. The fourth-order valence-corrected chi connectivity index (χ4v) is 4.86. The van der Waals surface area contributed by atoms with Crippen molar-refractivity contribution in [2.24, 2.45) is 0 Å². The Morgan fingerprint density at radius 1 is 0.571 bits per heavy atom. The van der Waals surface area contributed by atoms with Crippen molar-refractivity contribution in [1.82, 2.24) is 0 Å². The summed E-state index contributed by atoms with van der Waals surface area (Å²) in [7, 11) is 0. The monoisotopic (exact) mass is 461 g/mol. The predicted molar refractivity (Wildman–Crippen MR) is 153 cm³/mol. The number of hydrogen-bond donors (Lipinski definition) is 0. The Hall–Kier alpha value is -3.32. The Bertz CT molecular complexity index is 1190. The second-order valence-corrected chi connectivity index (χ2v) is 9.70. The van der Waals surface area contributed by atoms with Gasteiger partial charge in [-0.25, -0.2) is 0 Å². The maximum absolute atomic E-state index is 2.47. The fourth-order valence-electron chi connectivity index (χ4n) is 4.86. The molecule has 4 rings (SSSR count). The first-order valence-corrected chi connectivity index (χ1v) is 13.3. The zero-order valence-corrected chi connectivity index (χ0v) is 21.6. The van der Waals surface area contributed by atoms with Gasteiger partial charge in [0.05, 0.1) is 5.69 Å². The van der Waals surface area contributed by atoms with Gasteiger partial charge >= 0.3 is 0 Å². The Balaban J connectivity index is 1.77. The zero-order chi connectivity index (χ0) is 24.5. The Labute approximate surface area is 212 Å². The number of aryl methyl sites for hydroxylation is 3. The zero-order valence-electron chi connectivity index (χ0n) is 21.6. The summed E-state index contributed by atoms with van der Waals surface area (Å²) < 4.78 is 0. The van der Waals surface area contributed by atoms with E-state index in [1.165, 1.54) is 83.4 Å². The molecule has 0 aliphatic rings. The summed E-state index contributed by atoms with van der Waals surface area (Å²) >= 11 is 0. The van der Waals surface area contributed by atoms with Crippen LogP contribution in [0.2, 0.25) is 0 Å². The van der Waals surface area contributed by atoms with E-state index < -0.39 is 0 Å². The summed E-state index contributed by atoms with van der Waals surface area (Å²) in [5, 5.41) is 0. The van der Waals surface area contributed by atoms with Crippen molar-refractivity contribution in [3.05, 3.63) is 114 Å². The van der Waals surface area contributed by atoms with Crippen LogP contribution >= 0.6 is 0 Å². The molecule has 0 heterocycles. The lowest BCUT2D eigenvalue weighted by molar-refractivity contribution is 0.607. The van der Waals surface area contributed by atoms with Crippen molar-refractivity contribution in [2.75, 3.05) is 4.90 Å². The molecule has 0 saturated heterocycles. The van der Waals surface area contributed by atoms with Crippen LogP contribution in [0.3, 0.4) is 0 Å². The molecule has 4 aromatic carbocycles. The molecule has 0 amide bonds. The average Bonchev–Trinajstić information content (AvgIpc) is 2.89. The van der Waals surface area contributed by atoms with Gasteiger partial charge in [-0.05, 0) is 62.1 Å². The highest BCUT2D eigenvalue weighted by molar-refractivity contribution is 5.88. The number of benzene rings is 4. The molecule has 35 heavy (non-hydrogen) atoms. The van der Waals surface area contributed by atoms with Crippen LogP contribution in [0.25, 0.3) is 11.1 Å². The van der Waals surface area contributed by atoms with E-state index in [1.54, 1.807) is 0 Å². The van der Waals surface area contributed by atoms with E-state index in [0.29, 0.717) is 0 Å². The summed E-state index contributed by atoms with van der Waals surface area (Å²) in [6.45, 7) is 6.65. The molecule has 0 aromatic heterocycles. The van der Waals surface area contributed by atoms with Crippen molar-refractivity contribution < 1.29 is 0 Å². The van der Waals surface area contributed by atoms with Crippen LogP contribution in [-0.2, 0) is 6.42 Å². The van der Waals surface area contributed by atoms with Crippen molar-refractivity contribution in [3.63, 3.8) is 0 Å². The van der Waals surface area contributed by atoms with E-state index >= 15 is 0 Å². The third-order valence-corrected chi connectivity index (χ3v) is 6.80. The Morgan fingerprint density at radius 3 is 2.00 bits per heavy atom. The number of anilines is 3. The van der Waals surface area contributed by atoms with E-state index in [9.17, 15) is 0 Å². The smallest absolute Gasteiger partial charge is 0.0540 e. The second-order valence-electron chi connectivity index (χ2n) is 9.70. The molecular weight excluding hydrogens is 422 g/mol. The summed E-state index contributed by atoms with van der Waals surface area (Å²) in [5.41, 5.74) is 10.2. The van der Waals surface area contributed by atoms with Crippen LogP contribution in [0.5, 0.6) is 0 Å². The second kappa shape index (κ2) is 12.4. The minimum absolute atomic E-state index is 1.11. The van der Waals surface area contributed by atoms with Gasteiger partial charge in [0.2, 0.25) is 0 Å². The molecule has 4 aromatic rings. The minimum atomic E-state index is 1.11. The van der Waals surface area contributed by atoms with Crippen LogP contribution in [0.15, 0.2) is 97.1 Å². The molecule has 0 spiro atoms. The SMILES string of the molecule is CCCCCCCCc1cc(C)ccc1N(c1ccc(C)cc1)c1ccccc1-c1ccccc1. The largest absolute Gasteiger partial charge is 0.310 e. The van der Waals surface area contributed by atoms with Gasteiger partial charge in [0.1, 0.15) is 0 Å². The van der Waals surface area contributed by atoms with E-state index in [1.807, 2.05) is 0 Å². The van der Waals surface area contributed by atoms with Crippen molar-refractivity contribution in [3.8, 4) is 11.1 Å². The number of unbranched alkanes of at least 4 members (excludes halogenated alkanes) is 5. The Morgan fingerprint density at radius 2 is 1.23 bits per heavy atom. The minimum Gasteiger partial charge on any atom is -0.310 e. The van der Waals surface area contributed by atoms with E-state index in [4.69, 9.17) is 0 Å². The Kier molecular flexibility index (Phi) is 8.79. The van der Waals surface area contributed by atoms with Gasteiger partial charge in [-0.2, -0.15) is 0 Å². The molecule has 1 nitrogen and oxygen atoms in total. The molecule has 0 aliphatic carbocycles. The van der Waals surface area contributed by atoms with Gasteiger partial charge in [-0.15, -0.1) is 0 Å². The highest BCUT2D eigenvalue weighted by Gasteiger charge is 2.19. The molecule has 1 heteroatoms. The topological polar surface area (TPSA) is 3.24 Å². The van der Waals surface area contributed by atoms with Crippen LogP contribution in [0.1, 0.15) is 62.1 Å². The molecule has 0 bridgehead atoms. The number of rotatable bonds is 11. The lowest BCUT2D eigenvalue weighted by Gasteiger charge is -2.30. The van der Waals surface area contributed by atoms with Crippen molar-refractivity contribution in [1.29, 1.82) is 0 Å². The predicted octanol–water partition coefficient (Wildman–Crippen LogP) is 10.3. The van der Waals surface area contributed by atoms with Crippen molar-refractivity contribution in [2.45, 2.75) is 65.7 Å². The van der Waals surface area contributed by atoms with Gasteiger partial charge < -0.3 is 4.90 Å². The van der Waals surface area contributed by atoms with Gasteiger partial charge in [0.25, 0.3) is 0 Å². The lowest BCUT2D eigenvalue weighted by atomic mass is 9.98. The van der Waals surface area contributed by atoms with Crippen LogP contribution in [-0.4, -0.2) is 0 Å². The van der Waals surface area contributed by atoms with Gasteiger partial charge in [0.15, 0.2) is 0 Å². The first-order valence-electron chi connectivity index (χ1n) is 13.3. The molecule has 0 N–H and O–H groups in total.